The van der Waals surface area contributed by atoms with E-state index in [0.717, 1.165) is 19.4 Å². The highest BCUT2D eigenvalue weighted by atomic mass is 16.6. The minimum Gasteiger partial charge on any atom is -0.459 e. The Hall–Kier alpha value is -0.610. The first-order valence-corrected chi connectivity index (χ1v) is 4.64. The van der Waals surface area contributed by atoms with Crippen molar-refractivity contribution in [3.63, 3.8) is 0 Å². The molecule has 1 saturated heterocycles. The summed E-state index contributed by atoms with van der Waals surface area (Å²) in [4.78, 5) is 11.5. The summed E-state index contributed by atoms with van der Waals surface area (Å²) in [7, 11) is 0. The van der Waals surface area contributed by atoms with E-state index < -0.39 is 5.60 Å². The van der Waals surface area contributed by atoms with Crippen molar-refractivity contribution in [1.29, 1.82) is 0 Å². The van der Waals surface area contributed by atoms with E-state index in [1.165, 1.54) is 0 Å². The van der Waals surface area contributed by atoms with Gasteiger partial charge in [-0.15, -0.1) is 0 Å². The zero-order valence-corrected chi connectivity index (χ0v) is 8.54. The lowest BCUT2D eigenvalue weighted by atomic mass is 10.2. The molecule has 1 atom stereocenters. The Bertz CT molecular complexity index is 198. The van der Waals surface area contributed by atoms with Crippen LogP contribution in [0.25, 0.3) is 0 Å². The molecule has 0 saturated carbocycles. The maximum atomic E-state index is 11.5. The van der Waals surface area contributed by atoms with Crippen LogP contribution in [0.5, 0.6) is 0 Å². The van der Waals surface area contributed by atoms with Gasteiger partial charge in [0.05, 0.1) is 0 Å². The van der Waals surface area contributed by atoms with Gasteiger partial charge in [0, 0.05) is 6.54 Å². The Labute approximate surface area is 79.0 Å². The van der Waals surface area contributed by atoms with Crippen LogP contribution in [0, 0.1) is 0 Å². The zero-order valence-electron chi connectivity index (χ0n) is 8.54. The Morgan fingerprint density at radius 1 is 1.54 bits per heavy atom. The fourth-order valence-electron chi connectivity index (χ4n) is 1.41. The predicted octanol–water partition coefficient (Wildman–Crippen LogP) is 0.666. The van der Waals surface area contributed by atoms with Crippen LogP contribution in [-0.4, -0.2) is 29.2 Å². The van der Waals surface area contributed by atoms with Gasteiger partial charge in [-0.25, -0.2) is 5.01 Å². The van der Waals surface area contributed by atoms with Crippen molar-refractivity contribution in [2.45, 2.75) is 45.3 Å². The second kappa shape index (κ2) is 3.64. The molecule has 1 aliphatic rings. The average molecular weight is 186 g/mol. The number of nitrogens with zero attached hydrogens (tertiary/aromatic N) is 1. The summed E-state index contributed by atoms with van der Waals surface area (Å²) in [5, 5.41) is 1.56. The van der Waals surface area contributed by atoms with Crippen molar-refractivity contribution in [2.75, 3.05) is 6.54 Å². The topological polar surface area (TPSA) is 55.6 Å². The van der Waals surface area contributed by atoms with Crippen LogP contribution in [0.1, 0.15) is 33.6 Å². The summed E-state index contributed by atoms with van der Waals surface area (Å²) in [6.45, 7) is 6.37. The van der Waals surface area contributed by atoms with Crippen molar-refractivity contribution in [2.24, 2.45) is 5.84 Å². The number of esters is 1. The van der Waals surface area contributed by atoms with Gasteiger partial charge in [-0.1, -0.05) is 0 Å². The van der Waals surface area contributed by atoms with Gasteiger partial charge in [-0.05, 0) is 33.6 Å². The monoisotopic (exact) mass is 186 g/mol. The van der Waals surface area contributed by atoms with Crippen LogP contribution in [0.15, 0.2) is 0 Å². The lowest BCUT2D eigenvalue weighted by Gasteiger charge is -2.24. The van der Waals surface area contributed by atoms with E-state index in [0.29, 0.717) is 0 Å². The Morgan fingerprint density at radius 2 is 2.15 bits per heavy atom. The number of hydrazine groups is 1. The van der Waals surface area contributed by atoms with Crippen LogP contribution in [0.4, 0.5) is 0 Å². The summed E-state index contributed by atoms with van der Waals surface area (Å²) in [6.07, 6.45) is 1.78. The third-order valence-electron chi connectivity index (χ3n) is 1.97. The van der Waals surface area contributed by atoms with Crippen LogP contribution in [0.3, 0.4) is 0 Å². The number of rotatable bonds is 1. The molecule has 0 aliphatic carbocycles. The Morgan fingerprint density at radius 3 is 2.54 bits per heavy atom. The van der Waals surface area contributed by atoms with Crippen molar-refractivity contribution in [3.8, 4) is 0 Å². The number of carbonyl (C=O) groups is 1. The van der Waals surface area contributed by atoms with Gasteiger partial charge >= 0.3 is 5.97 Å². The van der Waals surface area contributed by atoms with E-state index in [-0.39, 0.29) is 12.0 Å². The molecule has 0 bridgehead atoms. The molecule has 0 amide bonds. The third kappa shape index (κ3) is 2.97. The average Bonchev–Trinajstić information content (AvgIpc) is 2.30. The summed E-state index contributed by atoms with van der Waals surface area (Å²) >= 11 is 0. The summed E-state index contributed by atoms with van der Waals surface area (Å²) in [6, 6.07) is -0.237. The molecule has 13 heavy (non-hydrogen) atoms. The van der Waals surface area contributed by atoms with Crippen molar-refractivity contribution >= 4 is 5.97 Å². The van der Waals surface area contributed by atoms with Gasteiger partial charge in [0.25, 0.3) is 0 Å². The number of hydrogen-bond donors (Lipinski definition) is 1. The molecule has 0 aromatic heterocycles. The summed E-state index contributed by atoms with van der Waals surface area (Å²) < 4.78 is 5.23. The van der Waals surface area contributed by atoms with E-state index in [1.54, 1.807) is 5.01 Å². The number of nitrogens with two attached hydrogens (primary N) is 1. The quantitative estimate of drug-likeness (QED) is 0.483. The lowest BCUT2D eigenvalue weighted by Crippen LogP contribution is -2.44. The number of hydrogen-bond acceptors (Lipinski definition) is 4. The van der Waals surface area contributed by atoms with E-state index in [4.69, 9.17) is 10.6 Å². The van der Waals surface area contributed by atoms with Gasteiger partial charge in [-0.2, -0.15) is 0 Å². The van der Waals surface area contributed by atoms with Crippen LogP contribution in [-0.2, 0) is 9.53 Å². The molecule has 0 aromatic rings. The molecule has 1 fully saturated rings. The van der Waals surface area contributed by atoms with Crippen LogP contribution < -0.4 is 5.84 Å². The normalized spacial score (nSPS) is 24.8. The maximum absolute atomic E-state index is 11.5. The van der Waals surface area contributed by atoms with Crippen LogP contribution in [0.2, 0.25) is 0 Å². The molecule has 4 heteroatoms. The smallest absolute Gasteiger partial charge is 0.325 e. The highest BCUT2D eigenvalue weighted by molar-refractivity contribution is 5.76. The van der Waals surface area contributed by atoms with Gasteiger partial charge in [-0.3, -0.25) is 10.6 Å². The minimum atomic E-state index is -0.416. The van der Waals surface area contributed by atoms with E-state index >= 15 is 0 Å². The largest absolute Gasteiger partial charge is 0.459 e. The van der Waals surface area contributed by atoms with Gasteiger partial charge in [0.2, 0.25) is 0 Å². The molecule has 1 rings (SSSR count). The zero-order chi connectivity index (χ0) is 10.1. The Kier molecular flexibility index (Phi) is 2.93. The standard InChI is InChI=1S/C9H18N2O2/c1-9(2,3)13-8(12)7-5-4-6-11(7)10/h7H,4-6,10H2,1-3H3/t7-/m0/s1. The van der Waals surface area contributed by atoms with Crippen molar-refractivity contribution in [1.82, 2.24) is 5.01 Å². The SMILES string of the molecule is CC(C)(C)OC(=O)[C@@H]1CCCN1N. The number of carbonyl (C=O) groups excluding carboxylic acids is 1. The second-order valence-electron chi connectivity index (χ2n) is 4.43. The highest BCUT2D eigenvalue weighted by Gasteiger charge is 2.32. The van der Waals surface area contributed by atoms with Gasteiger partial charge in [0.1, 0.15) is 11.6 Å². The molecule has 0 spiro atoms. The second-order valence-corrected chi connectivity index (χ2v) is 4.43. The first kappa shape index (κ1) is 10.5. The van der Waals surface area contributed by atoms with Crippen LogP contribution >= 0.6 is 0 Å². The van der Waals surface area contributed by atoms with Gasteiger partial charge in [0.15, 0.2) is 0 Å². The predicted molar refractivity (Wildman–Crippen MR) is 49.8 cm³/mol. The summed E-state index contributed by atoms with van der Waals surface area (Å²) in [5.41, 5.74) is -0.416. The molecule has 0 aromatic carbocycles. The van der Waals surface area contributed by atoms with E-state index in [2.05, 4.69) is 0 Å². The molecular weight excluding hydrogens is 168 g/mol. The molecule has 0 unspecified atom stereocenters. The number of ether oxygens (including phenoxy) is 1. The minimum absolute atomic E-state index is 0.201. The fourth-order valence-corrected chi connectivity index (χ4v) is 1.41. The fraction of sp³-hybridized carbons (Fsp3) is 0.889. The first-order valence-electron chi connectivity index (χ1n) is 4.64. The molecule has 0 radical (unpaired) electrons. The first-order chi connectivity index (χ1) is 5.90. The molecule has 76 valence electrons. The third-order valence-corrected chi connectivity index (χ3v) is 1.97. The lowest BCUT2D eigenvalue weighted by molar-refractivity contribution is -0.160. The van der Waals surface area contributed by atoms with Gasteiger partial charge < -0.3 is 4.74 Å². The molecule has 4 nitrogen and oxygen atoms in total. The maximum Gasteiger partial charge on any atom is 0.325 e. The molecule has 1 heterocycles. The molecule has 1 aliphatic heterocycles. The highest BCUT2D eigenvalue weighted by Crippen LogP contribution is 2.17. The summed E-state index contributed by atoms with van der Waals surface area (Å²) in [5.74, 6) is 5.43. The molecule has 2 N–H and O–H groups in total. The molecular formula is C9H18N2O2. The van der Waals surface area contributed by atoms with Crippen molar-refractivity contribution < 1.29 is 9.53 Å². The van der Waals surface area contributed by atoms with E-state index in [1.807, 2.05) is 20.8 Å². The van der Waals surface area contributed by atoms with E-state index in [9.17, 15) is 4.79 Å². The Balaban J connectivity index is 2.48. The van der Waals surface area contributed by atoms with Crippen molar-refractivity contribution in [3.05, 3.63) is 0 Å².